The average molecular weight is 376 g/mol. The zero-order valence-electron chi connectivity index (χ0n) is 15.8. The number of morpholine rings is 1. The van der Waals surface area contributed by atoms with Crippen molar-refractivity contribution < 1.29 is 13.9 Å². The maximum absolute atomic E-state index is 13.0. The summed E-state index contributed by atoms with van der Waals surface area (Å²) in [4.78, 5) is 23.7. The van der Waals surface area contributed by atoms with Gasteiger partial charge in [-0.15, -0.1) is 0 Å². The molecule has 0 aliphatic carbocycles. The third-order valence-electron chi connectivity index (χ3n) is 5.08. The van der Waals surface area contributed by atoms with E-state index in [0.717, 1.165) is 27.9 Å². The minimum Gasteiger partial charge on any atom is -0.441 e. The molecular formula is C21H20N4O3. The van der Waals surface area contributed by atoms with E-state index in [-0.39, 0.29) is 12.0 Å². The molecule has 1 saturated heterocycles. The first-order chi connectivity index (χ1) is 13.6. The van der Waals surface area contributed by atoms with E-state index in [1.807, 2.05) is 59.7 Å². The van der Waals surface area contributed by atoms with E-state index in [2.05, 4.69) is 9.97 Å². The summed E-state index contributed by atoms with van der Waals surface area (Å²) in [7, 11) is 0. The predicted octanol–water partition coefficient (Wildman–Crippen LogP) is 3.31. The molecule has 0 radical (unpaired) electrons. The number of carbonyl (C=O) groups is 1. The van der Waals surface area contributed by atoms with Gasteiger partial charge in [-0.25, -0.2) is 9.97 Å². The molecule has 4 aromatic rings. The van der Waals surface area contributed by atoms with Crippen LogP contribution in [0.4, 0.5) is 0 Å². The van der Waals surface area contributed by atoms with Gasteiger partial charge in [-0.3, -0.25) is 9.20 Å². The molecule has 0 spiro atoms. The quantitative estimate of drug-likeness (QED) is 0.537. The summed E-state index contributed by atoms with van der Waals surface area (Å²) in [5.74, 6) is 0.618. The van der Waals surface area contributed by atoms with Crippen LogP contribution in [0, 0.1) is 6.92 Å². The van der Waals surface area contributed by atoms with E-state index >= 15 is 0 Å². The fourth-order valence-corrected chi connectivity index (χ4v) is 3.70. The van der Waals surface area contributed by atoms with Crippen molar-refractivity contribution in [3.63, 3.8) is 0 Å². The Kier molecular flexibility index (Phi) is 3.91. The van der Waals surface area contributed by atoms with Gasteiger partial charge >= 0.3 is 0 Å². The van der Waals surface area contributed by atoms with E-state index < -0.39 is 0 Å². The van der Waals surface area contributed by atoms with E-state index in [9.17, 15) is 4.79 Å². The molecule has 1 aliphatic rings. The van der Waals surface area contributed by atoms with Crippen molar-refractivity contribution in [2.24, 2.45) is 0 Å². The Bertz CT molecular complexity index is 1190. The maximum Gasteiger partial charge on any atom is 0.272 e. The Hall–Kier alpha value is -3.19. The van der Waals surface area contributed by atoms with Gasteiger partial charge in [0, 0.05) is 26.2 Å². The first-order valence-corrected chi connectivity index (χ1v) is 9.34. The van der Waals surface area contributed by atoms with Crippen LogP contribution in [0.3, 0.4) is 0 Å². The number of aryl methyl sites for hydroxylation is 1. The van der Waals surface area contributed by atoms with Crippen molar-refractivity contribution in [3.8, 4) is 11.1 Å². The Morgan fingerprint density at radius 1 is 1.21 bits per heavy atom. The molecule has 0 N–H and O–H groups in total. The molecule has 3 aromatic heterocycles. The SMILES string of the molecule is Cc1nc2cc(-c3ccc4ncc(C(=O)N5CCOC(C)C5)n4c3)ccc2o1. The number of fused-ring (bicyclic) bond motifs is 2. The number of oxazole rings is 1. The van der Waals surface area contributed by atoms with E-state index in [1.54, 1.807) is 6.20 Å². The van der Waals surface area contributed by atoms with Crippen molar-refractivity contribution in [1.82, 2.24) is 19.3 Å². The molecule has 7 nitrogen and oxygen atoms in total. The highest BCUT2D eigenvalue weighted by Crippen LogP contribution is 2.26. The number of imidazole rings is 1. The highest BCUT2D eigenvalue weighted by molar-refractivity contribution is 5.93. The van der Waals surface area contributed by atoms with Crippen LogP contribution in [0.15, 0.2) is 47.1 Å². The third kappa shape index (κ3) is 2.84. The molecule has 1 aromatic carbocycles. The number of ether oxygens (including phenoxy) is 1. The second kappa shape index (κ2) is 6.45. The predicted molar refractivity (Wildman–Crippen MR) is 104 cm³/mol. The van der Waals surface area contributed by atoms with Crippen LogP contribution in [0.2, 0.25) is 0 Å². The van der Waals surface area contributed by atoms with Crippen LogP contribution in [0.1, 0.15) is 23.3 Å². The highest BCUT2D eigenvalue weighted by Gasteiger charge is 2.24. The lowest BCUT2D eigenvalue weighted by atomic mass is 10.1. The molecule has 1 atom stereocenters. The monoisotopic (exact) mass is 376 g/mol. The molecule has 1 aliphatic heterocycles. The average Bonchev–Trinajstić information content (AvgIpc) is 3.28. The van der Waals surface area contributed by atoms with Gasteiger partial charge < -0.3 is 14.1 Å². The number of pyridine rings is 1. The van der Waals surface area contributed by atoms with Gasteiger partial charge in [-0.05, 0) is 42.3 Å². The van der Waals surface area contributed by atoms with Crippen LogP contribution in [0.5, 0.6) is 0 Å². The van der Waals surface area contributed by atoms with Crippen molar-refractivity contribution in [1.29, 1.82) is 0 Å². The van der Waals surface area contributed by atoms with Crippen LogP contribution in [-0.4, -0.2) is 51.0 Å². The van der Waals surface area contributed by atoms with Crippen molar-refractivity contribution in [2.45, 2.75) is 20.0 Å². The first kappa shape index (κ1) is 16.9. The normalized spacial score (nSPS) is 17.5. The first-order valence-electron chi connectivity index (χ1n) is 9.34. The lowest BCUT2D eigenvalue weighted by molar-refractivity contribution is -0.0126. The summed E-state index contributed by atoms with van der Waals surface area (Å²) in [5.41, 5.74) is 4.88. The van der Waals surface area contributed by atoms with Crippen molar-refractivity contribution in [3.05, 3.63) is 54.3 Å². The van der Waals surface area contributed by atoms with Crippen molar-refractivity contribution >= 4 is 22.7 Å². The second-order valence-electron chi connectivity index (χ2n) is 7.14. The largest absolute Gasteiger partial charge is 0.441 e. The number of nitrogens with zero attached hydrogens (tertiary/aromatic N) is 4. The van der Waals surface area contributed by atoms with Crippen LogP contribution < -0.4 is 0 Å². The van der Waals surface area contributed by atoms with Crippen LogP contribution in [0.25, 0.3) is 27.9 Å². The van der Waals surface area contributed by atoms with Gasteiger partial charge in [0.1, 0.15) is 16.9 Å². The Morgan fingerprint density at radius 2 is 2.07 bits per heavy atom. The number of hydrogen-bond donors (Lipinski definition) is 0. The molecule has 1 amide bonds. The Morgan fingerprint density at radius 3 is 2.93 bits per heavy atom. The Balaban J connectivity index is 1.54. The minimum absolute atomic E-state index is 0.0256. The molecule has 0 bridgehead atoms. The molecule has 0 saturated carbocycles. The number of amides is 1. The molecule has 7 heteroatoms. The number of rotatable bonds is 2. The zero-order chi connectivity index (χ0) is 19.3. The van der Waals surface area contributed by atoms with E-state index in [1.165, 1.54) is 0 Å². The van der Waals surface area contributed by atoms with Crippen LogP contribution >= 0.6 is 0 Å². The smallest absolute Gasteiger partial charge is 0.272 e. The lowest BCUT2D eigenvalue weighted by Gasteiger charge is -2.30. The fraction of sp³-hybridized carbons (Fsp3) is 0.286. The third-order valence-corrected chi connectivity index (χ3v) is 5.08. The van der Waals surface area contributed by atoms with Gasteiger partial charge in [-0.2, -0.15) is 0 Å². The zero-order valence-corrected chi connectivity index (χ0v) is 15.8. The van der Waals surface area contributed by atoms with Gasteiger partial charge in [0.05, 0.1) is 18.9 Å². The molecular weight excluding hydrogens is 356 g/mol. The molecule has 1 unspecified atom stereocenters. The molecule has 28 heavy (non-hydrogen) atoms. The van der Waals surface area contributed by atoms with Gasteiger partial charge in [0.25, 0.3) is 5.91 Å². The number of benzene rings is 1. The van der Waals surface area contributed by atoms with Crippen LogP contribution in [-0.2, 0) is 4.74 Å². The molecule has 1 fully saturated rings. The summed E-state index contributed by atoms with van der Waals surface area (Å²) in [6.45, 7) is 5.56. The number of aromatic nitrogens is 3. The standard InChI is InChI=1S/C21H20N4O3/c1-13-11-24(7-8-27-13)21(26)18-10-22-20-6-4-16(12-25(18)20)15-3-5-19-17(9-15)23-14(2)28-19/h3-6,9-10,12-13H,7-8,11H2,1-2H3. The summed E-state index contributed by atoms with van der Waals surface area (Å²) in [5, 5.41) is 0. The summed E-state index contributed by atoms with van der Waals surface area (Å²) < 4.78 is 13.0. The van der Waals surface area contributed by atoms with Gasteiger partial charge in [0.2, 0.25) is 0 Å². The second-order valence-corrected chi connectivity index (χ2v) is 7.14. The fourth-order valence-electron chi connectivity index (χ4n) is 3.70. The molecule has 142 valence electrons. The minimum atomic E-state index is -0.0256. The number of carbonyl (C=O) groups excluding carboxylic acids is 1. The summed E-state index contributed by atoms with van der Waals surface area (Å²) in [6, 6.07) is 9.84. The summed E-state index contributed by atoms with van der Waals surface area (Å²) in [6.07, 6.45) is 3.64. The summed E-state index contributed by atoms with van der Waals surface area (Å²) >= 11 is 0. The van der Waals surface area contributed by atoms with E-state index in [0.29, 0.717) is 31.3 Å². The van der Waals surface area contributed by atoms with Crippen molar-refractivity contribution in [2.75, 3.05) is 19.7 Å². The van der Waals surface area contributed by atoms with Gasteiger partial charge in [-0.1, -0.05) is 6.07 Å². The number of hydrogen-bond acceptors (Lipinski definition) is 5. The lowest BCUT2D eigenvalue weighted by Crippen LogP contribution is -2.44. The molecule has 5 rings (SSSR count). The van der Waals surface area contributed by atoms with E-state index in [4.69, 9.17) is 9.15 Å². The maximum atomic E-state index is 13.0. The molecule has 4 heterocycles. The topological polar surface area (TPSA) is 72.9 Å². The van der Waals surface area contributed by atoms with Gasteiger partial charge in [0.15, 0.2) is 11.5 Å². The Labute approximate surface area is 161 Å². The highest BCUT2D eigenvalue weighted by atomic mass is 16.5.